The Morgan fingerprint density at radius 2 is 2.15 bits per heavy atom. The molecule has 1 unspecified atom stereocenters. The van der Waals surface area contributed by atoms with Crippen LogP contribution in [0, 0.1) is 0 Å². The van der Waals surface area contributed by atoms with E-state index in [0.717, 1.165) is 0 Å². The topological polar surface area (TPSA) is 108 Å². The van der Waals surface area contributed by atoms with Gasteiger partial charge >= 0.3 is 12.1 Å². The molecule has 1 aliphatic rings. The summed E-state index contributed by atoms with van der Waals surface area (Å²) in [4.78, 5) is 26.2. The van der Waals surface area contributed by atoms with Gasteiger partial charge in [0.15, 0.2) is 0 Å². The quantitative estimate of drug-likeness (QED) is 0.720. The van der Waals surface area contributed by atoms with Crippen molar-refractivity contribution in [3.8, 4) is 0 Å². The normalized spacial score (nSPS) is 23.9. The van der Waals surface area contributed by atoms with Crippen molar-refractivity contribution in [2.45, 2.75) is 51.5 Å². The molecule has 0 aliphatic carbocycles. The molecule has 8 heteroatoms. The Balaban J connectivity index is 2.50. The van der Waals surface area contributed by atoms with E-state index >= 15 is 0 Å². The van der Waals surface area contributed by atoms with Crippen LogP contribution in [0.3, 0.4) is 0 Å². The lowest BCUT2D eigenvalue weighted by atomic mass is 10.2. The Bertz CT molecular complexity index is 432. The molecule has 0 spiro atoms. The van der Waals surface area contributed by atoms with Gasteiger partial charge in [0, 0.05) is 12.5 Å². The Morgan fingerprint density at radius 1 is 1.55 bits per heavy atom. The standard InChI is InChI=1S/C12H20N2O5S/c1-7(13-10(17)19-11(2,3)4)5-8-14-12(18,6-20-8)9(15)16/h7,18H,5-6H2,1-4H3,(H,13,17)(H,15,16)/t7?,12-/m0/s1. The van der Waals surface area contributed by atoms with Gasteiger partial charge in [-0.25, -0.2) is 14.6 Å². The Labute approximate surface area is 121 Å². The first kappa shape index (κ1) is 16.8. The highest BCUT2D eigenvalue weighted by molar-refractivity contribution is 8.14. The van der Waals surface area contributed by atoms with Gasteiger partial charge in [0.1, 0.15) is 5.60 Å². The van der Waals surface area contributed by atoms with Crippen LogP contribution in [0.2, 0.25) is 0 Å². The van der Waals surface area contributed by atoms with E-state index in [0.29, 0.717) is 11.5 Å². The second kappa shape index (κ2) is 6.01. The maximum atomic E-state index is 11.6. The molecule has 0 bridgehead atoms. The molecule has 1 amide bonds. The number of nitrogens with one attached hydrogen (secondary N) is 1. The van der Waals surface area contributed by atoms with Crippen LogP contribution >= 0.6 is 11.8 Å². The summed E-state index contributed by atoms with van der Waals surface area (Å²) >= 11 is 1.17. The summed E-state index contributed by atoms with van der Waals surface area (Å²) in [5, 5.41) is 21.6. The van der Waals surface area contributed by atoms with Crippen molar-refractivity contribution in [3.05, 3.63) is 0 Å². The molecule has 0 aromatic carbocycles. The number of hydrogen-bond acceptors (Lipinski definition) is 6. The second-order valence-corrected chi connectivity index (χ2v) is 6.72. The number of nitrogens with zero attached hydrogens (tertiary/aromatic N) is 1. The van der Waals surface area contributed by atoms with Crippen LogP contribution in [-0.4, -0.2) is 50.4 Å². The lowest BCUT2D eigenvalue weighted by Gasteiger charge is -2.21. The molecule has 20 heavy (non-hydrogen) atoms. The van der Waals surface area contributed by atoms with Gasteiger partial charge in [0.25, 0.3) is 5.72 Å². The first-order valence-electron chi connectivity index (χ1n) is 6.19. The van der Waals surface area contributed by atoms with E-state index in [9.17, 15) is 14.7 Å². The molecule has 0 aromatic rings. The van der Waals surface area contributed by atoms with Gasteiger partial charge in [-0.15, -0.1) is 11.8 Å². The molecule has 1 aliphatic heterocycles. The molecule has 114 valence electrons. The predicted molar refractivity (Wildman–Crippen MR) is 75.9 cm³/mol. The van der Waals surface area contributed by atoms with E-state index in [2.05, 4.69) is 10.3 Å². The fourth-order valence-corrected chi connectivity index (χ4v) is 2.63. The summed E-state index contributed by atoms with van der Waals surface area (Å²) in [7, 11) is 0. The Kier molecular flexibility index (Phi) is 5.04. The number of carboxylic acids is 1. The summed E-state index contributed by atoms with van der Waals surface area (Å²) in [5.74, 6) is -1.38. The van der Waals surface area contributed by atoms with Gasteiger partial charge < -0.3 is 20.3 Å². The number of carboxylic acid groups (broad SMARTS) is 1. The van der Waals surface area contributed by atoms with Crippen LogP contribution in [0.4, 0.5) is 4.79 Å². The van der Waals surface area contributed by atoms with Crippen LogP contribution in [0.25, 0.3) is 0 Å². The van der Waals surface area contributed by atoms with E-state index in [4.69, 9.17) is 9.84 Å². The number of amides is 1. The van der Waals surface area contributed by atoms with Gasteiger partial charge in [-0.3, -0.25) is 0 Å². The van der Waals surface area contributed by atoms with Crippen molar-refractivity contribution in [2.75, 3.05) is 5.75 Å². The third-order valence-electron chi connectivity index (χ3n) is 2.34. The number of rotatable bonds is 4. The fourth-order valence-electron chi connectivity index (χ4n) is 1.49. The highest BCUT2D eigenvalue weighted by Gasteiger charge is 2.41. The molecule has 3 N–H and O–H groups in total. The van der Waals surface area contributed by atoms with Crippen molar-refractivity contribution < 1.29 is 24.5 Å². The summed E-state index contributed by atoms with van der Waals surface area (Å²) < 4.78 is 5.11. The largest absolute Gasteiger partial charge is 0.478 e. The van der Waals surface area contributed by atoms with Gasteiger partial charge in [0.05, 0.1) is 10.8 Å². The lowest BCUT2D eigenvalue weighted by Crippen LogP contribution is -2.38. The molecule has 1 heterocycles. The molecule has 0 radical (unpaired) electrons. The first-order chi connectivity index (χ1) is 9.02. The van der Waals surface area contributed by atoms with Crippen LogP contribution in [-0.2, 0) is 9.53 Å². The highest BCUT2D eigenvalue weighted by atomic mass is 32.2. The third-order valence-corrected chi connectivity index (χ3v) is 3.47. The molecule has 0 saturated carbocycles. The van der Waals surface area contributed by atoms with Crippen molar-refractivity contribution in [1.29, 1.82) is 0 Å². The minimum absolute atomic E-state index is 0.0170. The minimum atomic E-state index is -2.05. The zero-order valence-electron chi connectivity index (χ0n) is 12.0. The van der Waals surface area contributed by atoms with Gasteiger partial charge in [-0.1, -0.05) is 0 Å². The lowest BCUT2D eigenvalue weighted by molar-refractivity contribution is -0.154. The Hall–Kier alpha value is -1.28. The number of aliphatic hydroxyl groups is 1. The van der Waals surface area contributed by atoms with Crippen molar-refractivity contribution >= 4 is 28.9 Å². The number of carbonyl (C=O) groups excluding carboxylic acids is 1. The smallest absolute Gasteiger partial charge is 0.407 e. The highest BCUT2D eigenvalue weighted by Crippen LogP contribution is 2.28. The second-order valence-electron chi connectivity index (χ2n) is 5.67. The van der Waals surface area contributed by atoms with Crippen molar-refractivity contribution in [3.63, 3.8) is 0 Å². The SMILES string of the molecule is CC(CC1=N[C@@](O)(C(=O)O)CS1)NC(=O)OC(C)(C)C. The number of aliphatic carboxylic acids is 1. The predicted octanol–water partition coefficient (Wildman–Crippen LogP) is 1.21. The number of thioether (sulfide) groups is 1. The molecular weight excluding hydrogens is 284 g/mol. The average molecular weight is 304 g/mol. The molecule has 2 atom stereocenters. The zero-order chi connectivity index (χ0) is 15.6. The number of hydrogen-bond donors (Lipinski definition) is 3. The molecular formula is C12H20N2O5S. The number of carbonyl (C=O) groups is 2. The first-order valence-corrected chi connectivity index (χ1v) is 7.17. The van der Waals surface area contributed by atoms with Crippen LogP contribution in [0.1, 0.15) is 34.1 Å². The van der Waals surface area contributed by atoms with Gasteiger partial charge in [-0.2, -0.15) is 0 Å². The molecule has 1 rings (SSSR count). The number of ether oxygens (including phenoxy) is 1. The molecule has 7 nitrogen and oxygen atoms in total. The summed E-state index contributed by atoms with van der Waals surface area (Å²) in [5.41, 5.74) is -2.63. The van der Waals surface area contributed by atoms with Gasteiger partial charge in [-0.05, 0) is 27.7 Å². The summed E-state index contributed by atoms with van der Waals surface area (Å²) in [6, 6.07) is -0.271. The van der Waals surface area contributed by atoms with Crippen LogP contribution < -0.4 is 5.32 Å². The van der Waals surface area contributed by atoms with E-state index in [1.165, 1.54) is 11.8 Å². The van der Waals surface area contributed by atoms with Crippen LogP contribution in [0.15, 0.2) is 4.99 Å². The van der Waals surface area contributed by atoms with E-state index in [1.807, 2.05) is 0 Å². The minimum Gasteiger partial charge on any atom is -0.478 e. The monoisotopic (exact) mass is 304 g/mol. The van der Waals surface area contributed by atoms with Crippen LogP contribution in [0.5, 0.6) is 0 Å². The summed E-state index contributed by atoms with van der Waals surface area (Å²) in [6.45, 7) is 7.05. The third kappa shape index (κ3) is 5.01. The maximum Gasteiger partial charge on any atom is 0.407 e. The number of alkyl carbamates (subject to hydrolysis) is 1. The van der Waals surface area contributed by atoms with Gasteiger partial charge in [0.2, 0.25) is 0 Å². The fraction of sp³-hybridized carbons (Fsp3) is 0.750. The average Bonchev–Trinajstić information content (AvgIpc) is 2.57. The number of aliphatic imine (C=N–C) groups is 1. The van der Waals surface area contributed by atoms with Crippen molar-refractivity contribution in [1.82, 2.24) is 5.32 Å². The van der Waals surface area contributed by atoms with E-state index in [1.54, 1.807) is 27.7 Å². The molecule has 0 fully saturated rings. The van der Waals surface area contributed by atoms with E-state index < -0.39 is 23.4 Å². The van der Waals surface area contributed by atoms with Crippen molar-refractivity contribution in [2.24, 2.45) is 4.99 Å². The Morgan fingerprint density at radius 3 is 2.60 bits per heavy atom. The zero-order valence-corrected chi connectivity index (χ0v) is 12.8. The molecule has 0 aromatic heterocycles. The molecule has 0 saturated heterocycles. The summed E-state index contributed by atoms with van der Waals surface area (Å²) in [6.07, 6.45) is -0.193. The maximum absolute atomic E-state index is 11.6. The van der Waals surface area contributed by atoms with E-state index in [-0.39, 0.29) is 11.8 Å².